The van der Waals surface area contributed by atoms with Gasteiger partial charge in [0.2, 0.25) is 0 Å². The fraction of sp³-hybridized carbons (Fsp3) is 0.200. The lowest BCUT2D eigenvalue weighted by molar-refractivity contribution is 0.0692. The average molecular weight is 287 g/mol. The number of carboxylic acid groups (broad SMARTS) is 1. The minimum atomic E-state index is -1.11. The monoisotopic (exact) mass is 287 g/mol. The van der Waals surface area contributed by atoms with Crippen LogP contribution in [0.3, 0.4) is 0 Å². The first-order valence-electron chi connectivity index (χ1n) is 6.43. The van der Waals surface area contributed by atoms with Crippen LogP contribution in [-0.2, 0) is 0 Å². The number of aromatic nitrogens is 1. The van der Waals surface area contributed by atoms with Crippen LogP contribution in [-0.4, -0.2) is 29.1 Å². The Bertz CT molecular complexity index is 691. The molecule has 110 valence electrons. The van der Waals surface area contributed by atoms with Crippen LogP contribution in [0.1, 0.15) is 21.7 Å². The standard InChI is InChI=1S/C15H17N3O3/c1-9-6-4-5-7-12(9)18(3)15(21)17-11-8-10(2)16-13(11)14(19)20/h4-8,16H,1-3H3,(H,17,21)(H,19,20). The van der Waals surface area contributed by atoms with Crippen molar-refractivity contribution in [1.82, 2.24) is 4.98 Å². The molecule has 1 aromatic heterocycles. The number of urea groups is 1. The molecule has 0 atom stereocenters. The fourth-order valence-electron chi connectivity index (χ4n) is 2.10. The molecule has 0 spiro atoms. The highest BCUT2D eigenvalue weighted by atomic mass is 16.4. The zero-order chi connectivity index (χ0) is 15.6. The minimum Gasteiger partial charge on any atom is -0.477 e. The molecule has 0 fully saturated rings. The highest BCUT2D eigenvalue weighted by Crippen LogP contribution is 2.21. The lowest BCUT2D eigenvalue weighted by atomic mass is 10.2. The number of anilines is 2. The number of para-hydroxylation sites is 1. The Morgan fingerprint density at radius 3 is 2.52 bits per heavy atom. The Hall–Kier alpha value is -2.76. The molecule has 0 aliphatic rings. The zero-order valence-corrected chi connectivity index (χ0v) is 12.1. The third-order valence-electron chi connectivity index (χ3n) is 3.19. The van der Waals surface area contributed by atoms with E-state index >= 15 is 0 Å². The van der Waals surface area contributed by atoms with Crippen molar-refractivity contribution >= 4 is 23.4 Å². The molecule has 0 unspecified atom stereocenters. The molecule has 0 aliphatic heterocycles. The van der Waals surface area contributed by atoms with Crippen molar-refractivity contribution in [2.75, 3.05) is 17.3 Å². The van der Waals surface area contributed by atoms with Gasteiger partial charge >= 0.3 is 12.0 Å². The number of nitrogens with one attached hydrogen (secondary N) is 2. The summed E-state index contributed by atoms with van der Waals surface area (Å²) in [6.07, 6.45) is 0. The van der Waals surface area contributed by atoms with Crippen LogP contribution >= 0.6 is 0 Å². The molecule has 3 N–H and O–H groups in total. The van der Waals surface area contributed by atoms with Gasteiger partial charge in [-0.3, -0.25) is 4.90 Å². The maximum absolute atomic E-state index is 12.3. The molecular weight excluding hydrogens is 270 g/mol. The number of carboxylic acids is 1. The maximum Gasteiger partial charge on any atom is 0.354 e. The van der Waals surface area contributed by atoms with E-state index in [0.29, 0.717) is 5.69 Å². The number of aromatic carboxylic acids is 1. The number of benzene rings is 1. The van der Waals surface area contributed by atoms with Crippen LogP contribution < -0.4 is 10.2 Å². The second-order valence-electron chi connectivity index (χ2n) is 4.82. The summed E-state index contributed by atoms with van der Waals surface area (Å²) in [7, 11) is 1.64. The van der Waals surface area contributed by atoms with Gasteiger partial charge < -0.3 is 15.4 Å². The van der Waals surface area contributed by atoms with Crippen molar-refractivity contribution in [3.05, 3.63) is 47.3 Å². The molecule has 6 nitrogen and oxygen atoms in total. The third-order valence-corrected chi connectivity index (χ3v) is 3.19. The van der Waals surface area contributed by atoms with Gasteiger partial charge in [0.05, 0.1) is 5.69 Å². The lowest BCUT2D eigenvalue weighted by Crippen LogP contribution is -2.32. The Labute approximate surface area is 122 Å². The van der Waals surface area contributed by atoms with E-state index in [1.165, 1.54) is 4.90 Å². The first-order chi connectivity index (χ1) is 9.90. The van der Waals surface area contributed by atoms with Crippen molar-refractivity contribution in [3.8, 4) is 0 Å². The van der Waals surface area contributed by atoms with Crippen LogP contribution in [0.5, 0.6) is 0 Å². The Morgan fingerprint density at radius 2 is 1.90 bits per heavy atom. The smallest absolute Gasteiger partial charge is 0.354 e. The van der Waals surface area contributed by atoms with Gasteiger partial charge in [-0.15, -0.1) is 0 Å². The van der Waals surface area contributed by atoms with E-state index in [9.17, 15) is 9.59 Å². The van der Waals surface area contributed by atoms with Gasteiger partial charge in [0, 0.05) is 18.4 Å². The van der Waals surface area contributed by atoms with Gasteiger partial charge in [-0.25, -0.2) is 9.59 Å². The van der Waals surface area contributed by atoms with Crippen LogP contribution in [0.2, 0.25) is 0 Å². The minimum absolute atomic E-state index is 0.0287. The van der Waals surface area contributed by atoms with Crippen molar-refractivity contribution in [2.45, 2.75) is 13.8 Å². The number of rotatable bonds is 3. The molecule has 0 saturated carbocycles. The van der Waals surface area contributed by atoms with Crippen LogP contribution in [0.4, 0.5) is 16.2 Å². The summed E-state index contributed by atoms with van der Waals surface area (Å²) in [6, 6.07) is 8.66. The number of nitrogens with zero attached hydrogens (tertiary/aromatic N) is 1. The SMILES string of the molecule is Cc1cc(NC(=O)N(C)c2ccccc2C)c(C(=O)O)[nH]1. The first kappa shape index (κ1) is 14.6. The highest BCUT2D eigenvalue weighted by Gasteiger charge is 2.18. The van der Waals surface area contributed by atoms with Gasteiger partial charge in [-0.1, -0.05) is 18.2 Å². The summed E-state index contributed by atoms with van der Waals surface area (Å²) < 4.78 is 0. The summed E-state index contributed by atoms with van der Waals surface area (Å²) in [5.41, 5.74) is 2.61. The normalized spacial score (nSPS) is 10.2. The van der Waals surface area contributed by atoms with Gasteiger partial charge in [-0.05, 0) is 31.5 Å². The molecule has 0 saturated heterocycles. The quantitative estimate of drug-likeness (QED) is 0.811. The predicted molar refractivity (Wildman–Crippen MR) is 81.1 cm³/mol. The number of hydrogen-bond donors (Lipinski definition) is 3. The number of hydrogen-bond acceptors (Lipinski definition) is 2. The Balaban J connectivity index is 2.22. The largest absolute Gasteiger partial charge is 0.477 e. The zero-order valence-electron chi connectivity index (χ0n) is 12.1. The summed E-state index contributed by atoms with van der Waals surface area (Å²) in [4.78, 5) is 27.5. The molecule has 0 radical (unpaired) electrons. The fourth-order valence-corrected chi connectivity index (χ4v) is 2.10. The Morgan fingerprint density at radius 1 is 1.24 bits per heavy atom. The summed E-state index contributed by atoms with van der Waals surface area (Å²) in [5, 5.41) is 11.7. The Kier molecular flexibility index (Phi) is 3.98. The van der Waals surface area contributed by atoms with E-state index in [-0.39, 0.29) is 11.4 Å². The second-order valence-corrected chi connectivity index (χ2v) is 4.82. The van der Waals surface area contributed by atoms with Crippen LogP contribution in [0.15, 0.2) is 30.3 Å². The van der Waals surface area contributed by atoms with E-state index < -0.39 is 12.0 Å². The molecule has 0 bridgehead atoms. The second kappa shape index (κ2) is 5.70. The number of H-pyrrole nitrogens is 1. The van der Waals surface area contributed by atoms with E-state index in [4.69, 9.17) is 5.11 Å². The van der Waals surface area contributed by atoms with Crippen molar-refractivity contribution in [2.24, 2.45) is 0 Å². The van der Waals surface area contributed by atoms with Crippen LogP contribution in [0, 0.1) is 13.8 Å². The van der Waals surface area contributed by atoms with E-state index in [1.807, 2.05) is 31.2 Å². The molecule has 1 heterocycles. The van der Waals surface area contributed by atoms with Gasteiger partial charge in [0.1, 0.15) is 5.69 Å². The van der Waals surface area contributed by atoms with Crippen molar-refractivity contribution < 1.29 is 14.7 Å². The maximum atomic E-state index is 12.3. The first-order valence-corrected chi connectivity index (χ1v) is 6.43. The number of amides is 2. The van der Waals surface area contributed by atoms with Gasteiger partial charge in [0.25, 0.3) is 0 Å². The topological polar surface area (TPSA) is 85.4 Å². The summed E-state index contributed by atoms with van der Waals surface area (Å²) in [6.45, 7) is 3.63. The van der Waals surface area contributed by atoms with E-state index in [0.717, 1.165) is 11.3 Å². The number of aryl methyl sites for hydroxylation is 2. The van der Waals surface area contributed by atoms with E-state index in [2.05, 4.69) is 10.3 Å². The molecule has 2 rings (SSSR count). The highest BCUT2D eigenvalue weighted by molar-refractivity contribution is 6.05. The molecule has 2 aromatic rings. The summed E-state index contributed by atoms with van der Waals surface area (Å²) >= 11 is 0. The predicted octanol–water partition coefficient (Wildman–Crippen LogP) is 3.00. The van der Waals surface area contributed by atoms with E-state index in [1.54, 1.807) is 20.0 Å². The average Bonchev–Trinajstić information content (AvgIpc) is 2.79. The third kappa shape index (κ3) is 3.05. The lowest BCUT2D eigenvalue weighted by Gasteiger charge is -2.19. The molecular formula is C15H17N3O3. The van der Waals surface area contributed by atoms with Gasteiger partial charge in [0.15, 0.2) is 0 Å². The molecule has 6 heteroatoms. The summed E-state index contributed by atoms with van der Waals surface area (Å²) in [5.74, 6) is -1.11. The van der Waals surface area contributed by atoms with Crippen molar-refractivity contribution in [3.63, 3.8) is 0 Å². The molecule has 0 aliphatic carbocycles. The number of carbonyl (C=O) groups excluding carboxylic acids is 1. The number of aromatic amines is 1. The molecule has 21 heavy (non-hydrogen) atoms. The van der Waals surface area contributed by atoms with Gasteiger partial charge in [-0.2, -0.15) is 0 Å². The molecule has 1 aromatic carbocycles. The van der Waals surface area contributed by atoms with Crippen LogP contribution in [0.25, 0.3) is 0 Å². The number of carbonyl (C=O) groups is 2. The van der Waals surface area contributed by atoms with Crippen molar-refractivity contribution in [1.29, 1.82) is 0 Å². The molecule has 2 amide bonds.